The van der Waals surface area contributed by atoms with E-state index in [4.69, 9.17) is 4.74 Å². The SMILES string of the molecule is CN(Cc1csc(S(=O)(=O)N[Si](C)(C)C(C)(C)C)c1)C(=O)OC(C)(C)C. The van der Waals surface area contributed by atoms with Crippen molar-refractivity contribution in [3.8, 4) is 0 Å². The van der Waals surface area contributed by atoms with Gasteiger partial charge >= 0.3 is 6.09 Å². The van der Waals surface area contributed by atoms with Crippen LogP contribution in [0.15, 0.2) is 15.7 Å². The van der Waals surface area contributed by atoms with Crippen molar-refractivity contribution in [3.63, 3.8) is 0 Å². The highest BCUT2D eigenvalue weighted by molar-refractivity contribution is 7.93. The molecule has 0 aliphatic rings. The maximum absolute atomic E-state index is 12.7. The zero-order valence-corrected chi connectivity index (χ0v) is 19.9. The second-order valence-corrected chi connectivity index (χ2v) is 17.3. The molecular formula is C17H32N2O4S2Si. The predicted octanol–water partition coefficient (Wildman–Crippen LogP) is 4.40. The van der Waals surface area contributed by atoms with Gasteiger partial charge in [0, 0.05) is 13.6 Å². The Hall–Kier alpha value is -0.903. The number of hydrogen-bond acceptors (Lipinski definition) is 5. The molecule has 0 aliphatic carbocycles. The van der Waals surface area contributed by atoms with E-state index in [1.54, 1.807) is 39.3 Å². The smallest absolute Gasteiger partial charge is 0.410 e. The number of carbonyl (C=O) groups excluding carboxylic acids is 1. The fraction of sp³-hybridized carbons (Fsp3) is 0.706. The van der Waals surface area contributed by atoms with Crippen LogP contribution in [0.25, 0.3) is 0 Å². The van der Waals surface area contributed by atoms with Gasteiger partial charge in [0.1, 0.15) is 18.0 Å². The first-order valence-corrected chi connectivity index (χ1v) is 13.9. The second kappa shape index (κ2) is 7.61. The van der Waals surface area contributed by atoms with Crippen LogP contribution in [0.5, 0.6) is 0 Å². The lowest BCUT2D eigenvalue weighted by Gasteiger charge is -2.36. The average molecular weight is 421 g/mol. The molecule has 26 heavy (non-hydrogen) atoms. The van der Waals surface area contributed by atoms with E-state index < -0.39 is 30.0 Å². The van der Waals surface area contributed by atoms with Crippen LogP contribution in [0.3, 0.4) is 0 Å². The number of sulfonamides is 1. The van der Waals surface area contributed by atoms with Crippen molar-refractivity contribution >= 4 is 35.7 Å². The van der Waals surface area contributed by atoms with Gasteiger partial charge in [0.25, 0.3) is 0 Å². The van der Waals surface area contributed by atoms with Crippen molar-refractivity contribution < 1.29 is 17.9 Å². The summed E-state index contributed by atoms with van der Waals surface area (Å²) in [5, 5.41) is 1.66. The highest BCUT2D eigenvalue weighted by Gasteiger charge is 2.39. The zero-order chi connectivity index (χ0) is 20.6. The van der Waals surface area contributed by atoms with Crippen LogP contribution in [-0.4, -0.2) is 40.3 Å². The van der Waals surface area contributed by atoms with Gasteiger partial charge in [-0.15, -0.1) is 11.3 Å². The van der Waals surface area contributed by atoms with E-state index in [1.807, 2.05) is 13.1 Å². The Bertz CT molecular complexity index is 744. The number of rotatable bonds is 5. The topological polar surface area (TPSA) is 75.7 Å². The Morgan fingerprint density at radius 3 is 2.23 bits per heavy atom. The fourth-order valence-corrected chi connectivity index (χ4v) is 8.07. The summed E-state index contributed by atoms with van der Waals surface area (Å²) >= 11 is 1.17. The molecule has 0 aliphatic heterocycles. The Morgan fingerprint density at radius 2 is 1.77 bits per heavy atom. The normalized spacial score (nSPS) is 13.6. The first kappa shape index (κ1) is 23.1. The molecule has 1 heterocycles. The number of ether oxygens (including phenoxy) is 1. The van der Waals surface area contributed by atoms with E-state index in [0.29, 0.717) is 6.54 Å². The van der Waals surface area contributed by atoms with Crippen LogP contribution in [0.4, 0.5) is 4.79 Å². The lowest BCUT2D eigenvalue weighted by atomic mass is 10.2. The van der Waals surface area contributed by atoms with Crippen LogP contribution in [0.2, 0.25) is 18.1 Å². The summed E-state index contributed by atoms with van der Waals surface area (Å²) in [4.78, 5) is 13.5. The van der Waals surface area contributed by atoms with Crippen molar-refractivity contribution in [2.24, 2.45) is 0 Å². The van der Waals surface area contributed by atoms with Gasteiger partial charge in [-0.2, -0.15) is 0 Å². The molecule has 0 spiro atoms. The molecule has 0 fully saturated rings. The molecule has 1 aromatic rings. The van der Waals surface area contributed by atoms with E-state index in [1.165, 1.54) is 16.2 Å². The summed E-state index contributed by atoms with van der Waals surface area (Å²) in [7, 11) is -4.14. The number of carbonyl (C=O) groups is 1. The minimum absolute atomic E-state index is 0.100. The molecule has 0 saturated heterocycles. The summed E-state index contributed by atoms with van der Waals surface area (Å²) in [5.74, 6) is 0. The van der Waals surface area contributed by atoms with Crippen LogP contribution >= 0.6 is 11.3 Å². The van der Waals surface area contributed by atoms with Crippen molar-refractivity contribution in [3.05, 3.63) is 17.0 Å². The maximum Gasteiger partial charge on any atom is 0.410 e. The lowest BCUT2D eigenvalue weighted by molar-refractivity contribution is 0.0285. The molecule has 6 nitrogen and oxygen atoms in total. The van der Waals surface area contributed by atoms with E-state index in [0.717, 1.165) is 5.56 Å². The molecule has 9 heteroatoms. The molecular weight excluding hydrogens is 388 g/mol. The highest BCUT2D eigenvalue weighted by Crippen LogP contribution is 2.35. The Balaban J connectivity index is 2.88. The first-order chi connectivity index (χ1) is 11.4. The van der Waals surface area contributed by atoms with Crippen LogP contribution in [-0.2, 0) is 21.3 Å². The zero-order valence-electron chi connectivity index (χ0n) is 17.3. The first-order valence-electron chi connectivity index (χ1n) is 8.50. The Kier molecular flexibility index (Phi) is 6.77. The summed E-state index contributed by atoms with van der Waals surface area (Å²) in [6.45, 7) is 15.9. The molecule has 1 aromatic heterocycles. The van der Waals surface area contributed by atoms with Gasteiger partial charge in [0.05, 0.1) is 0 Å². The third-order valence-corrected chi connectivity index (χ3v) is 13.5. The molecule has 0 radical (unpaired) electrons. The summed E-state index contributed by atoms with van der Waals surface area (Å²) in [5.41, 5.74) is 0.195. The van der Waals surface area contributed by atoms with Crippen LogP contribution in [0, 0.1) is 0 Å². The van der Waals surface area contributed by atoms with Gasteiger partial charge in [-0.05, 0) is 42.8 Å². The molecule has 0 unspecified atom stereocenters. The number of thiophene rings is 1. The van der Waals surface area contributed by atoms with Crippen LogP contribution < -0.4 is 4.39 Å². The second-order valence-electron chi connectivity index (χ2n) is 9.09. The van der Waals surface area contributed by atoms with Crippen molar-refractivity contribution in [2.45, 2.75) is 76.0 Å². The molecule has 0 bridgehead atoms. The summed E-state index contributed by atoms with van der Waals surface area (Å²) < 4.78 is 34.0. The van der Waals surface area contributed by atoms with Gasteiger partial charge < -0.3 is 9.64 Å². The Morgan fingerprint density at radius 1 is 1.23 bits per heavy atom. The van der Waals surface area contributed by atoms with Gasteiger partial charge in [0.15, 0.2) is 0 Å². The minimum Gasteiger partial charge on any atom is -0.444 e. The molecule has 0 atom stereocenters. The lowest BCUT2D eigenvalue weighted by Crippen LogP contribution is -2.54. The van der Waals surface area contributed by atoms with E-state index in [2.05, 4.69) is 25.2 Å². The van der Waals surface area contributed by atoms with E-state index in [9.17, 15) is 13.2 Å². The standard InChI is InChI=1S/C17H32N2O4S2Si/c1-16(2,3)23-15(20)19(7)11-13-10-14(24-12-13)25(21,22)18-26(8,9)17(4,5)6/h10,12,18H,11H2,1-9H3. The largest absolute Gasteiger partial charge is 0.444 e. The molecule has 1 N–H and O–H groups in total. The maximum atomic E-state index is 12.7. The van der Waals surface area contributed by atoms with Crippen molar-refractivity contribution in [1.29, 1.82) is 0 Å². The van der Waals surface area contributed by atoms with Gasteiger partial charge in [-0.3, -0.25) is 0 Å². The molecule has 0 saturated carbocycles. The Labute approximate surface area is 163 Å². The number of nitrogens with one attached hydrogen (secondary N) is 1. The molecule has 150 valence electrons. The number of nitrogens with zero attached hydrogens (tertiary/aromatic N) is 1. The van der Waals surface area contributed by atoms with Gasteiger partial charge in [-0.1, -0.05) is 33.9 Å². The van der Waals surface area contributed by atoms with E-state index >= 15 is 0 Å². The highest BCUT2D eigenvalue weighted by atomic mass is 32.2. The van der Waals surface area contributed by atoms with E-state index in [-0.39, 0.29) is 9.25 Å². The molecule has 1 amide bonds. The third-order valence-electron chi connectivity index (χ3n) is 4.28. The van der Waals surface area contributed by atoms with Crippen molar-refractivity contribution in [1.82, 2.24) is 9.29 Å². The van der Waals surface area contributed by atoms with Gasteiger partial charge in [0.2, 0.25) is 10.0 Å². The fourth-order valence-electron chi connectivity index (χ4n) is 1.79. The summed E-state index contributed by atoms with van der Waals surface area (Å²) in [6.07, 6.45) is -0.437. The monoisotopic (exact) mass is 420 g/mol. The quantitative estimate of drug-likeness (QED) is 0.716. The molecule has 1 rings (SSSR count). The minimum atomic E-state index is -3.57. The third kappa shape index (κ3) is 6.36. The van der Waals surface area contributed by atoms with Crippen molar-refractivity contribution in [2.75, 3.05) is 7.05 Å². The summed E-state index contributed by atoms with van der Waals surface area (Å²) in [6, 6.07) is 1.63. The number of hydrogen-bond donors (Lipinski definition) is 1. The average Bonchev–Trinajstić information content (AvgIpc) is 2.83. The van der Waals surface area contributed by atoms with Crippen LogP contribution in [0.1, 0.15) is 47.1 Å². The number of amides is 1. The molecule has 0 aromatic carbocycles. The predicted molar refractivity (Wildman–Crippen MR) is 110 cm³/mol. The van der Waals surface area contributed by atoms with Gasteiger partial charge in [-0.25, -0.2) is 17.6 Å².